The minimum atomic E-state index is -3.58. The Morgan fingerprint density at radius 2 is 1.83 bits per heavy atom. The molecule has 1 saturated carbocycles. The van der Waals surface area contributed by atoms with Crippen molar-refractivity contribution in [2.75, 3.05) is 6.54 Å². The highest BCUT2D eigenvalue weighted by Crippen LogP contribution is 2.39. The second-order valence-electron chi connectivity index (χ2n) is 8.65. The molecule has 6 nitrogen and oxygen atoms in total. The minimum absolute atomic E-state index is 0.0718. The Labute approximate surface area is 173 Å². The molecule has 1 aromatic heterocycles. The number of carbonyl (C=O) groups excluding carboxylic acids is 1. The van der Waals surface area contributed by atoms with E-state index in [1.807, 2.05) is 53.6 Å². The molecule has 0 N–H and O–H groups in total. The maximum Gasteiger partial charge on any atom is 0.228 e. The van der Waals surface area contributed by atoms with Gasteiger partial charge in [0.15, 0.2) is 0 Å². The van der Waals surface area contributed by atoms with Crippen molar-refractivity contribution in [1.29, 1.82) is 0 Å². The molecule has 2 aromatic rings. The van der Waals surface area contributed by atoms with Gasteiger partial charge in [-0.15, -0.1) is 0 Å². The van der Waals surface area contributed by atoms with Gasteiger partial charge < -0.3 is 9.47 Å². The van der Waals surface area contributed by atoms with Crippen molar-refractivity contribution in [2.24, 2.45) is 11.8 Å². The predicted octanol–water partition coefficient (Wildman–Crippen LogP) is 3.83. The molecule has 1 fully saturated rings. The van der Waals surface area contributed by atoms with Gasteiger partial charge in [-0.25, -0.2) is 13.4 Å². The summed E-state index contributed by atoms with van der Waals surface area (Å²) >= 11 is 0. The number of hydrogen-bond acceptors (Lipinski definition) is 4. The van der Waals surface area contributed by atoms with Crippen molar-refractivity contribution < 1.29 is 13.2 Å². The molecule has 1 amide bonds. The first kappa shape index (κ1) is 21.6. The minimum Gasteiger partial charge on any atom is -0.336 e. The molecule has 1 heterocycles. The zero-order valence-corrected chi connectivity index (χ0v) is 18.5. The summed E-state index contributed by atoms with van der Waals surface area (Å²) in [7, 11) is -3.58. The number of nitrogens with zero attached hydrogens (tertiary/aromatic N) is 3. The first-order valence-electron chi connectivity index (χ1n) is 10.3. The third-order valence-electron chi connectivity index (χ3n) is 4.97. The zero-order valence-electron chi connectivity index (χ0n) is 17.7. The van der Waals surface area contributed by atoms with Crippen LogP contribution in [0.1, 0.15) is 57.8 Å². The van der Waals surface area contributed by atoms with Gasteiger partial charge in [0.05, 0.1) is 24.2 Å². The molecule has 3 rings (SSSR count). The van der Waals surface area contributed by atoms with E-state index in [1.54, 1.807) is 6.20 Å². The van der Waals surface area contributed by atoms with E-state index in [2.05, 4.69) is 18.8 Å². The van der Waals surface area contributed by atoms with Crippen molar-refractivity contribution in [2.45, 2.75) is 64.0 Å². The smallest absolute Gasteiger partial charge is 0.228 e. The Bertz CT molecular complexity index is 945. The fraction of sp³-hybridized carbons (Fsp3) is 0.545. The third kappa shape index (κ3) is 5.26. The van der Waals surface area contributed by atoms with Gasteiger partial charge >= 0.3 is 0 Å². The van der Waals surface area contributed by atoms with Crippen LogP contribution in [0.15, 0.2) is 41.7 Å². The lowest BCUT2D eigenvalue weighted by atomic mass is 10.1. The normalized spacial score (nSPS) is 14.6. The van der Waals surface area contributed by atoms with Crippen LogP contribution < -0.4 is 0 Å². The van der Waals surface area contributed by atoms with E-state index in [-0.39, 0.29) is 28.8 Å². The number of benzene rings is 1. The summed E-state index contributed by atoms with van der Waals surface area (Å²) in [5, 5.41) is 0.125. The van der Waals surface area contributed by atoms with E-state index < -0.39 is 9.84 Å². The second-order valence-corrected chi connectivity index (χ2v) is 10.5. The summed E-state index contributed by atoms with van der Waals surface area (Å²) in [5.41, 5.74) is 1.55. The van der Waals surface area contributed by atoms with Gasteiger partial charge in [0, 0.05) is 18.5 Å². The van der Waals surface area contributed by atoms with Crippen LogP contribution in [0.5, 0.6) is 0 Å². The number of aromatic nitrogens is 2. The van der Waals surface area contributed by atoms with E-state index in [9.17, 15) is 13.2 Å². The van der Waals surface area contributed by atoms with E-state index in [1.165, 1.54) is 0 Å². The number of imidazole rings is 1. The van der Waals surface area contributed by atoms with Gasteiger partial charge in [0.25, 0.3) is 0 Å². The van der Waals surface area contributed by atoms with Gasteiger partial charge in [0.1, 0.15) is 0 Å². The molecule has 0 unspecified atom stereocenters. The van der Waals surface area contributed by atoms with Gasteiger partial charge in [-0.2, -0.15) is 0 Å². The average molecular weight is 418 g/mol. The van der Waals surface area contributed by atoms with E-state index >= 15 is 0 Å². The molecule has 29 heavy (non-hydrogen) atoms. The van der Waals surface area contributed by atoms with Crippen LogP contribution in [-0.2, 0) is 26.9 Å². The molecular formula is C22H31N3O3S. The van der Waals surface area contributed by atoms with Crippen LogP contribution in [0.3, 0.4) is 0 Å². The third-order valence-corrected chi connectivity index (χ3v) is 6.55. The SMILES string of the molecule is CC(C)CN(Cc1cnc(S(=O)(=O)Cc2ccccc2)n1C1CC1)C(=O)C(C)C. The van der Waals surface area contributed by atoms with Crippen molar-refractivity contribution in [3.8, 4) is 0 Å². The Balaban J connectivity index is 1.91. The molecular weight excluding hydrogens is 386 g/mol. The summed E-state index contributed by atoms with van der Waals surface area (Å²) in [6.07, 6.45) is 3.52. The molecule has 7 heteroatoms. The largest absolute Gasteiger partial charge is 0.336 e. The highest BCUT2D eigenvalue weighted by Gasteiger charge is 2.34. The van der Waals surface area contributed by atoms with E-state index in [4.69, 9.17) is 0 Å². The summed E-state index contributed by atoms with van der Waals surface area (Å²) in [4.78, 5) is 18.9. The molecule has 0 saturated heterocycles. The predicted molar refractivity (Wildman–Crippen MR) is 113 cm³/mol. The molecule has 158 valence electrons. The Hall–Kier alpha value is -2.15. The maximum absolute atomic E-state index is 13.1. The van der Waals surface area contributed by atoms with Gasteiger partial charge in [-0.05, 0) is 24.3 Å². The number of rotatable bonds is 9. The number of carbonyl (C=O) groups is 1. The molecule has 0 aliphatic heterocycles. The first-order chi connectivity index (χ1) is 13.7. The zero-order chi connectivity index (χ0) is 21.2. The van der Waals surface area contributed by atoms with E-state index in [0.29, 0.717) is 19.0 Å². The van der Waals surface area contributed by atoms with Crippen LogP contribution in [0.2, 0.25) is 0 Å². The monoisotopic (exact) mass is 417 g/mol. The van der Waals surface area contributed by atoms with Crippen molar-refractivity contribution in [3.63, 3.8) is 0 Å². The van der Waals surface area contributed by atoms with Crippen molar-refractivity contribution in [1.82, 2.24) is 14.5 Å². The summed E-state index contributed by atoms with van der Waals surface area (Å²) in [6.45, 7) is 8.97. The number of hydrogen-bond donors (Lipinski definition) is 0. The molecule has 1 aliphatic rings. The first-order valence-corrected chi connectivity index (χ1v) is 12.0. The topological polar surface area (TPSA) is 72.3 Å². The number of sulfone groups is 1. The van der Waals surface area contributed by atoms with Gasteiger partial charge in [-0.3, -0.25) is 4.79 Å². The Morgan fingerprint density at radius 1 is 1.17 bits per heavy atom. The summed E-state index contributed by atoms with van der Waals surface area (Å²) in [5.74, 6) is 0.233. The number of amides is 1. The van der Waals surface area contributed by atoms with Crippen LogP contribution in [-0.4, -0.2) is 35.3 Å². The average Bonchev–Trinajstić information content (AvgIpc) is 3.40. The lowest BCUT2D eigenvalue weighted by Gasteiger charge is -2.27. The van der Waals surface area contributed by atoms with Gasteiger partial charge in [0.2, 0.25) is 20.9 Å². The highest BCUT2D eigenvalue weighted by molar-refractivity contribution is 7.90. The molecule has 1 aliphatic carbocycles. The standard InChI is InChI=1S/C22H31N3O3S/c1-16(2)13-24(21(26)17(3)4)14-20-12-23-22(25(20)19-10-11-19)29(27,28)15-18-8-6-5-7-9-18/h5-9,12,16-17,19H,10-11,13-15H2,1-4H3. The molecule has 1 aromatic carbocycles. The van der Waals surface area contributed by atoms with Crippen LogP contribution in [0.4, 0.5) is 0 Å². The Morgan fingerprint density at radius 3 is 2.38 bits per heavy atom. The lowest BCUT2D eigenvalue weighted by Crippen LogP contribution is -2.37. The van der Waals surface area contributed by atoms with Crippen molar-refractivity contribution >= 4 is 15.7 Å². The molecule has 0 bridgehead atoms. The second kappa shape index (κ2) is 8.69. The summed E-state index contributed by atoms with van der Waals surface area (Å²) in [6, 6.07) is 9.33. The highest BCUT2D eigenvalue weighted by atomic mass is 32.2. The lowest BCUT2D eigenvalue weighted by molar-refractivity contribution is -0.135. The molecule has 0 spiro atoms. The van der Waals surface area contributed by atoms with Crippen LogP contribution in [0.25, 0.3) is 0 Å². The molecule has 0 atom stereocenters. The van der Waals surface area contributed by atoms with Crippen LogP contribution >= 0.6 is 0 Å². The Kier molecular flexibility index (Phi) is 6.46. The quantitative estimate of drug-likeness (QED) is 0.622. The van der Waals surface area contributed by atoms with Crippen molar-refractivity contribution in [3.05, 3.63) is 47.8 Å². The summed E-state index contributed by atoms with van der Waals surface area (Å²) < 4.78 is 28.1. The molecule has 0 radical (unpaired) electrons. The fourth-order valence-corrected chi connectivity index (χ4v) is 5.08. The maximum atomic E-state index is 13.1. The van der Waals surface area contributed by atoms with E-state index in [0.717, 1.165) is 24.1 Å². The van der Waals surface area contributed by atoms with Crippen LogP contribution in [0, 0.1) is 11.8 Å². The fourth-order valence-electron chi connectivity index (χ4n) is 3.54. The van der Waals surface area contributed by atoms with Gasteiger partial charge in [-0.1, -0.05) is 58.0 Å².